The minimum absolute atomic E-state index is 0.0220. The first kappa shape index (κ1) is 16.2. The summed E-state index contributed by atoms with van der Waals surface area (Å²) in [4.78, 5) is 36.4. The Balaban J connectivity index is 1.73. The quantitative estimate of drug-likeness (QED) is 0.755. The third-order valence-corrected chi connectivity index (χ3v) is 3.74. The molecule has 2 aromatic carbocycles. The average molecular weight is 334 g/mol. The van der Waals surface area contributed by atoms with Crippen molar-refractivity contribution in [2.24, 2.45) is 0 Å². The fourth-order valence-electron chi connectivity index (χ4n) is 2.47. The number of carbonyl (C=O) groups excluding carboxylic acids is 1. The third-order valence-electron chi connectivity index (χ3n) is 3.74. The summed E-state index contributed by atoms with van der Waals surface area (Å²) in [5, 5.41) is 14.6. The van der Waals surface area contributed by atoms with Crippen LogP contribution in [0.4, 0.5) is 5.69 Å². The number of hydrogen-bond acceptors (Lipinski definition) is 4. The van der Waals surface area contributed by atoms with E-state index >= 15 is 0 Å². The molecule has 0 spiro atoms. The predicted molar refractivity (Wildman–Crippen MR) is 93.2 cm³/mol. The van der Waals surface area contributed by atoms with Crippen LogP contribution in [-0.4, -0.2) is 15.7 Å². The summed E-state index contributed by atoms with van der Waals surface area (Å²) in [7, 11) is 0. The minimum Gasteiger partial charge on any atom is -0.326 e. The zero-order valence-electron chi connectivity index (χ0n) is 13.2. The molecule has 0 saturated heterocycles. The van der Waals surface area contributed by atoms with E-state index in [1.54, 1.807) is 48.5 Å². The van der Waals surface area contributed by atoms with E-state index < -0.39 is 0 Å². The van der Waals surface area contributed by atoms with Gasteiger partial charge in [0.2, 0.25) is 5.91 Å². The van der Waals surface area contributed by atoms with Gasteiger partial charge in [-0.05, 0) is 36.4 Å². The van der Waals surface area contributed by atoms with Crippen LogP contribution in [0.3, 0.4) is 0 Å². The smallest absolute Gasteiger partial charge is 0.273 e. The second-order valence-corrected chi connectivity index (χ2v) is 5.43. The van der Waals surface area contributed by atoms with Gasteiger partial charge in [0.1, 0.15) is 0 Å². The van der Waals surface area contributed by atoms with Crippen molar-refractivity contribution in [2.45, 2.75) is 13.0 Å². The van der Waals surface area contributed by atoms with Crippen LogP contribution >= 0.6 is 0 Å². The van der Waals surface area contributed by atoms with Gasteiger partial charge in [0.25, 0.3) is 11.1 Å². The van der Waals surface area contributed by atoms with Crippen LogP contribution in [0.25, 0.3) is 10.8 Å². The number of hydrogen-bond donors (Lipinski definition) is 2. The van der Waals surface area contributed by atoms with Crippen LogP contribution in [-0.2, 0) is 11.3 Å². The number of aryl methyl sites for hydroxylation is 1. The first-order valence-corrected chi connectivity index (χ1v) is 7.60. The summed E-state index contributed by atoms with van der Waals surface area (Å²) in [6, 6.07) is 15.0. The van der Waals surface area contributed by atoms with Crippen molar-refractivity contribution in [3.63, 3.8) is 0 Å². The van der Waals surface area contributed by atoms with Gasteiger partial charge in [-0.1, -0.05) is 12.1 Å². The molecule has 0 saturated carbocycles. The maximum Gasteiger partial charge on any atom is 0.273 e. The molecule has 7 heteroatoms. The molecule has 0 atom stereocenters. The lowest BCUT2D eigenvalue weighted by Gasteiger charge is -2.08. The predicted octanol–water partition coefficient (Wildman–Crippen LogP) is 1.59. The molecule has 0 aliphatic carbocycles. The minimum atomic E-state index is -0.372. The SMILES string of the molecule is N#Cc1ccc(NC(=O)CCn2[nH]c(=O)c3ccccc3c2=O)cc1. The number of rotatable bonds is 4. The fourth-order valence-corrected chi connectivity index (χ4v) is 2.47. The molecular formula is C18H14N4O3. The fraction of sp³-hybridized carbons (Fsp3) is 0.111. The van der Waals surface area contributed by atoms with Gasteiger partial charge in [-0.15, -0.1) is 0 Å². The second-order valence-electron chi connectivity index (χ2n) is 5.43. The average Bonchev–Trinajstić information content (AvgIpc) is 2.64. The van der Waals surface area contributed by atoms with Gasteiger partial charge in [-0.2, -0.15) is 5.26 Å². The van der Waals surface area contributed by atoms with Crippen LogP contribution in [0.1, 0.15) is 12.0 Å². The number of nitrogens with one attached hydrogen (secondary N) is 2. The highest BCUT2D eigenvalue weighted by Gasteiger charge is 2.08. The number of aromatic amines is 1. The number of anilines is 1. The maximum absolute atomic E-state index is 12.4. The zero-order valence-corrected chi connectivity index (χ0v) is 13.2. The summed E-state index contributed by atoms with van der Waals surface area (Å²) in [6.45, 7) is 0.0566. The molecular weight excluding hydrogens is 320 g/mol. The van der Waals surface area contributed by atoms with Gasteiger partial charge in [0.05, 0.1) is 28.9 Å². The number of fused-ring (bicyclic) bond motifs is 1. The Hall–Kier alpha value is -3.66. The topological polar surface area (TPSA) is 108 Å². The van der Waals surface area contributed by atoms with Crippen molar-refractivity contribution < 1.29 is 4.79 Å². The molecule has 124 valence electrons. The number of aromatic nitrogens is 2. The number of benzene rings is 2. The summed E-state index contributed by atoms with van der Waals surface area (Å²) in [6.07, 6.45) is 0.0220. The first-order chi connectivity index (χ1) is 12.1. The highest BCUT2D eigenvalue weighted by Crippen LogP contribution is 2.09. The van der Waals surface area contributed by atoms with Crippen LogP contribution in [0.15, 0.2) is 58.1 Å². The van der Waals surface area contributed by atoms with Gasteiger partial charge in [0, 0.05) is 12.1 Å². The highest BCUT2D eigenvalue weighted by atomic mass is 16.2. The largest absolute Gasteiger partial charge is 0.326 e. The molecule has 2 N–H and O–H groups in total. The lowest BCUT2D eigenvalue weighted by atomic mass is 10.2. The molecule has 7 nitrogen and oxygen atoms in total. The molecule has 0 aliphatic rings. The van der Waals surface area contributed by atoms with E-state index in [9.17, 15) is 14.4 Å². The van der Waals surface area contributed by atoms with Crippen LogP contribution in [0.5, 0.6) is 0 Å². The Labute approximate surface area is 142 Å². The molecule has 0 fully saturated rings. The lowest BCUT2D eigenvalue weighted by Crippen LogP contribution is -2.31. The Morgan fingerprint density at radius 3 is 2.44 bits per heavy atom. The van der Waals surface area contributed by atoms with Gasteiger partial charge in [-0.3, -0.25) is 19.5 Å². The highest BCUT2D eigenvalue weighted by molar-refractivity contribution is 5.90. The van der Waals surface area contributed by atoms with Crippen LogP contribution in [0, 0.1) is 11.3 Å². The molecule has 0 unspecified atom stereocenters. The normalized spacial score (nSPS) is 10.4. The van der Waals surface area contributed by atoms with E-state index in [-0.39, 0.29) is 30.0 Å². The molecule has 1 amide bonds. The molecule has 3 aromatic rings. The summed E-state index contributed by atoms with van der Waals surface area (Å²) in [5.74, 6) is -0.300. The van der Waals surface area contributed by atoms with Gasteiger partial charge < -0.3 is 5.32 Å². The standard InChI is InChI=1S/C18H14N4O3/c19-11-12-5-7-13(8-6-12)20-16(23)9-10-22-18(25)15-4-2-1-3-14(15)17(24)21-22/h1-8H,9-10H2,(H,20,23)(H,21,24). The van der Waals surface area contributed by atoms with E-state index in [4.69, 9.17) is 5.26 Å². The molecule has 1 aromatic heterocycles. The molecule has 0 bridgehead atoms. The van der Waals surface area contributed by atoms with Crippen molar-refractivity contribution in [3.8, 4) is 6.07 Å². The number of carbonyl (C=O) groups is 1. The molecule has 25 heavy (non-hydrogen) atoms. The van der Waals surface area contributed by atoms with E-state index in [1.165, 1.54) is 0 Å². The molecule has 0 radical (unpaired) electrons. The van der Waals surface area contributed by atoms with Crippen LogP contribution in [0.2, 0.25) is 0 Å². The van der Waals surface area contributed by atoms with E-state index in [0.717, 1.165) is 4.68 Å². The van der Waals surface area contributed by atoms with E-state index in [0.29, 0.717) is 22.0 Å². The number of nitrogens with zero attached hydrogens (tertiary/aromatic N) is 2. The number of H-pyrrole nitrogens is 1. The van der Waals surface area contributed by atoms with Crippen molar-refractivity contribution in [1.29, 1.82) is 5.26 Å². The Bertz CT molecular complexity index is 1090. The summed E-state index contributed by atoms with van der Waals surface area (Å²) >= 11 is 0. The monoisotopic (exact) mass is 334 g/mol. The third kappa shape index (κ3) is 3.48. The summed E-state index contributed by atoms with van der Waals surface area (Å²) in [5.41, 5.74) is 0.339. The Kier molecular flexibility index (Phi) is 4.44. The second kappa shape index (κ2) is 6.84. The van der Waals surface area contributed by atoms with Gasteiger partial charge in [0.15, 0.2) is 0 Å². The number of nitriles is 1. The van der Waals surface area contributed by atoms with Gasteiger partial charge >= 0.3 is 0 Å². The maximum atomic E-state index is 12.4. The van der Waals surface area contributed by atoms with E-state index in [2.05, 4.69) is 10.4 Å². The molecule has 0 aliphatic heterocycles. The van der Waals surface area contributed by atoms with Crippen molar-refractivity contribution in [3.05, 3.63) is 74.8 Å². The van der Waals surface area contributed by atoms with E-state index in [1.807, 2.05) is 6.07 Å². The number of amides is 1. The Morgan fingerprint density at radius 1 is 1.08 bits per heavy atom. The van der Waals surface area contributed by atoms with Crippen molar-refractivity contribution in [2.75, 3.05) is 5.32 Å². The molecule has 3 rings (SSSR count). The van der Waals surface area contributed by atoms with Gasteiger partial charge in [-0.25, -0.2) is 4.68 Å². The Morgan fingerprint density at radius 2 is 1.76 bits per heavy atom. The molecule has 1 heterocycles. The summed E-state index contributed by atoms with van der Waals surface area (Å²) < 4.78 is 1.14. The van der Waals surface area contributed by atoms with Crippen LogP contribution < -0.4 is 16.4 Å². The van der Waals surface area contributed by atoms with Crippen molar-refractivity contribution in [1.82, 2.24) is 9.78 Å². The first-order valence-electron chi connectivity index (χ1n) is 7.60. The van der Waals surface area contributed by atoms with Crippen molar-refractivity contribution >= 4 is 22.4 Å². The lowest BCUT2D eigenvalue weighted by molar-refractivity contribution is -0.116. The zero-order chi connectivity index (χ0) is 17.8.